The molecule has 0 aliphatic heterocycles. The van der Waals surface area contributed by atoms with Crippen LogP contribution >= 0.6 is 11.8 Å². The first-order chi connectivity index (χ1) is 17.2. The first-order valence-corrected chi connectivity index (χ1v) is 13.0. The zero-order chi connectivity index (χ0) is 24.0. The van der Waals surface area contributed by atoms with E-state index in [9.17, 15) is 4.79 Å². The van der Waals surface area contributed by atoms with Gasteiger partial charge in [0.25, 0.3) is 0 Å². The lowest BCUT2D eigenvalue weighted by molar-refractivity contribution is -0.113. The third-order valence-corrected chi connectivity index (χ3v) is 7.48. The molecule has 1 saturated carbocycles. The number of hydrogen-bond donors (Lipinski definition) is 1. The van der Waals surface area contributed by atoms with E-state index in [4.69, 9.17) is 5.26 Å². The molecule has 5 rings (SSSR count). The summed E-state index contributed by atoms with van der Waals surface area (Å²) in [5.41, 5.74) is 2.49. The largest absolute Gasteiger partial charge is 0.325 e. The maximum atomic E-state index is 12.6. The summed E-state index contributed by atoms with van der Waals surface area (Å²) < 4.78 is 2.29. The molecule has 176 valence electrons. The Bertz CT molecular complexity index is 1360. The highest BCUT2D eigenvalue weighted by Crippen LogP contribution is 2.34. The molecule has 1 aliphatic carbocycles. The Morgan fingerprint density at radius 3 is 2.57 bits per heavy atom. The fraction of sp³-hybridized carbons (Fsp3) is 0.286. The number of aromatic nitrogens is 3. The van der Waals surface area contributed by atoms with Gasteiger partial charge in [-0.1, -0.05) is 73.5 Å². The average Bonchev–Trinajstić information content (AvgIpc) is 3.31. The Labute approximate surface area is 209 Å². The predicted molar refractivity (Wildman–Crippen MR) is 139 cm³/mol. The van der Waals surface area contributed by atoms with E-state index < -0.39 is 0 Å². The standard InChI is InChI=1S/C28H27N5OS/c29-18-20-13-15-23(16-14-20)30-27(34)19-35-28-32-31-26(33(28)24-10-2-1-3-11-24)17-22-9-6-8-21-7-4-5-12-25(21)22/h4-9,12-16,24H,1-3,10-11,17,19H2,(H,30,34). The molecule has 1 fully saturated rings. The molecule has 0 saturated heterocycles. The maximum Gasteiger partial charge on any atom is 0.234 e. The fourth-order valence-electron chi connectivity index (χ4n) is 4.80. The number of nitrogens with zero attached hydrogens (tertiary/aromatic N) is 4. The molecule has 3 aromatic carbocycles. The van der Waals surface area contributed by atoms with Crippen LogP contribution in [0.2, 0.25) is 0 Å². The summed E-state index contributed by atoms with van der Waals surface area (Å²) in [5.74, 6) is 1.11. The van der Waals surface area contributed by atoms with Gasteiger partial charge in [-0.2, -0.15) is 5.26 Å². The van der Waals surface area contributed by atoms with E-state index in [-0.39, 0.29) is 11.7 Å². The molecular formula is C28H27N5OS. The van der Waals surface area contributed by atoms with E-state index in [1.807, 2.05) is 0 Å². The summed E-state index contributed by atoms with van der Waals surface area (Å²) in [6.07, 6.45) is 6.63. The molecule has 35 heavy (non-hydrogen) atoms. The molecular weight excluding hydrogens is 454 g/mol. The van der Waals surface area contributed by atoms with E-state index in [2.05, 4.69) is 68.6 Å². The smallest absolute Gasteiger partial charge is 0.234 e. The second-order valence-electron chi connectivity index (χ2n) is 8.90. The van der Waals surface area contributed by atoms with Crippen LogP contribution in [0.5, 0.6) is 0 Å². The Morgan fingerprint density at radius 1 is 1.00 bits per heavy atom. The molecule has 1 heterocycles. The molecule has 7 heteroatoms. The Balaban J connectivity index is 1.35. The van der Waals surface area contributed by atoms with Crippen LogP contribution < -0.4 is 5.32 Å². The van der Waals surface area contributed by atoms with Crippen LogP contribution in [-0.4, -0.2) is 26.4 Å². The number of fused-ring (bicyclic) bond motifs is 1. The van der Waals surface area contributed by atoms with Crippen LogP contribution in [-0.2, 0) is 11.2 Å². The summed E-state index contributed by atoms with van der Waals surface area (Å²) in [7, 11) is 0. The van der Waals surface area contributed by atoms with Gasteiger partial charge in [0.2, 0.25) is 5.91 Å². The molecule has 0 bridgehead atoms. The molecule has 4 aromatic rings. The lowest BCUT2D eigenvalue weighted by atomic mass is 9.95. The van der Waals surface area contributed by atoms with Crippen molar-refractivity contribution in [2.45, 2.75) is 49.7 Å². The first-order valence-electron chi connectivity index (χ1n) is 12.0. The zero-order valence-electron chi connectivity index (χ0n) is 19.5. The van der Waals surface area contributed by atoms with E-state index in [1.165, 1.54) is 47.4 Å². The van der Waals surface area contributed by atoms with E-state index >= 15 is 0 Å². The lowest BCUT2D eigenvalue weighted by Gasteiger charge is -2.25. The van der Waals surface area contributed by atoms with E-state index in [0.29, 0.717) is 23.7 Å². The highest BCUT2D eigenvalue weighted by molar-refractivity contribution is 7.99. The van der Waals surface area contributed by atoms with Gasteiger partial charge in [-0.3, -0.25) is 4.79 Å². The fourth-order valence-corrected chi connectivity index (χ4v) is 5.63. The van der Waals surface area contributed by atoms with E-state index in [1.54, 1.807) is 24.3 Å². The molecule has 1 N–H and O–H groups in total. The number of benzene rings is 3. The summed E-state index contributed by atoms with van der Waals surface area (Å²) >= 11 is 1.44. The van der Waals surface area contributed by atoms with Crippen molar-refractivity contribution in [3.63, 3.8) is 0 Å². The van der Waals surface area contributed by atoms with Gasteiger partial charge in [0.1, 0.15) is 5.82 Å². The second-order valence-corrected chi connectivity index (χ2v) is 9.84. The topological polar surface area (TPSA) is 83.6 Å². The van der Waals surface area contributed by atoms with Crippen molar-refractivity contribution in [2.24, 2.45) is 0 Å². The average molecular weight is 482 g/mol. The molecule has 0 radical (unpaired) electrons. The van der Waals surface area contributed by atoms with Crippen molar-refractivity contribution in [1.29, 1.82) is 5.26 Å². The number of carbonyl (C=O) groups is 1. The first kappa shape index (κ1) is 23.1. The number of hydrogen-bond acceptors (Lipinski definition) is 5. The maximum absolute atomic E-state index is 12.6. The molecule has 0 unspecified atom stereocenters. The highest BCUT2D eigenvalue weighted by Gasteiger charge is 2.24. The number of amides is 1. The van der Waals surface area contributed by atoms with Gasteiger partial charge in [-0.15, -0.1) is 10.2 Å². The predicted octanol–water partition coefficient (Wildman–Crippen LogP) is 6.13. The van der Waals surface area contributed by atoms with Crippen molar-refractivity contribution >= 4 is 34.1 Å². The molecule has 1 aromatic heterocycles. The third-order valence-electron chi connectivity index (χ3n) is 6.53. The number of thioether (sulfide) groups is 1. The molecule has 0 atom stereocenters. The molecule has 1 amide bonds. The number of anilines is 1. The minimum absolute atomic E-state index is 0.103. The van der Waals surface area contributed by atoms with Gasteiger partial charge < -0.3 is 9.88 Å². The SMILES string of the molecule is N#Cc1ccc(NC(=O)CSc2nnc(Cc3cccc4ccccc34)n2C2CCCCC2)cc1. The van der Waals surface area contributed by atoms with Crippen LogP contribution in [0.15, 0.2) is 71.9 Å². The van der Waals surface area contributed by atoms with Gasteiger partial charge >= 0.3 is 0 Å². The number of nitrogens with one attached hydrogen (secondary N) is 1. The van der Waals surface area contributed by atoms with Crippen molar-refractivity contribution in [3.05, 3.63) is 83.7 Å². The number of carbonyl (C=O) groups excluding carboxylic acids is 1. The summed E-state index contributed by atoms with van der Waals surface area (Å²) in [4.78, 5) is 12.6. The van der Waals surface area contributed by atoms with Crippen molar-refractivity contribution in [1.82, 2.24) is 14.8 Å². The third kappa shape index (κ3) is 5.39. The van der Waals surface area contributed by atoms with Crippen LogP contribution in [0, 0.1) is 11.3 Å². The molecule has 1 aliphatic rings. The van der Waals surface area contributed by atoms with Gasteiger partial charge in [0.05, 0.1) is 17.4 Å². The summed E-state index contributed by atoms with van der Waals surface area (Å²) in [6.45, 7) is 0. The Kier molecular flexibility index (Phi) is 7.10. The van der Waals surface area contributed by atoms with Gasteiger partial charge in [-0.05, 0) is 53.4 Å². The Hall–Kier alpha value is -3.63. The lowest BCUT2D eigenvalue weighted by Crippen LogP contribution is -2.18. The second kappa shape index (κ2) is 10.7. The zero-order valence-corrected chi connectivity index (χ0v) is 20.3. The van der Waals surface area contributed by atoms with Crippen molar-refractivity contribution in [2.75, 3.05) is 11.1 Å². The molecule has 6 nitrogen and oxygen atoms in total. The van der Waals surface area contributed by atoms with Crippen molar-refractivity contribution < 1.29 is 4.79 Å². The molecule has 0 spiro atoms. The van der Waals surface area contributed by atoms with Crippen molar-refractivity contribution in [3.8, 4) is 6.07 Å². The quantitative estimate of drug-likeness (QED) is 0.321. The van der Waals surface area contributed by atoms with Gasteiger partial charge in [0.15, 0.2) is 5.16 Å². The van der Waals surface area contributed by atoms with E-state index in [0.717, 1.165) is 23.8 Å². The van der Waals surface area contributed by atoms with Gasteiger partial charge in [0, 0.05) is 18.2 Å². The van der Waals surface area contributed by atoms with Gasteiger partial charge in [-0.25, -0.2) is 0 Å². The minimum atomic E-state index is -0.103. The Morgan fingerprint density at radius 2 is 1.77 bits per heavy atom. The van der Waals surface area contributed by atoms with Crippen LogP contribution in [0.25, 0.3) is 10.8 Å². The minimum Gasteiger partial charge on any atom is -0.325 e. The van der Waals surface area contributed by atoms with Crippen LogP contribution in [0.1, 0.15) is 55.1 Å². The number of nitriles is 1. The normalized spacial score (nSPS) is 14.0. The number of rotatable bonds is 7. The summed E-state index contributed by atoms with van der Waals surface area (Å²) in [5, 5.41) is 24.3. The monoisotopic (exact) mass is 481 g/mol. The van der Waals surface area contributed by atoms with Crippen LogP contribution in [0.3, 0.4) is 0 Å². The van der Waals surface area contributed by atoms with Crippen LogP contribution in [0.4, 0.5) is 5.69 Å². The summed E-state index contributed by atoms with van der Waals surface area (Å²) in [6, 6.07) is 24.2. The highest BCUT2D eigenvalue weighted by atomic mass is 32.2.